The zero-order valence-corrected chi connectivity index (χ0v) is 7.74. The fourth-order valence-electron chi connectivity index (χ4n) is 0.927. The van der Waals surface area contributed by atoms with Crippen molar-refractivity contribution in [3.8, 4) is 0 Å². The van der Waals surface area contributed by atoms with Crippen molar-refractivity contribution >= 4 is 7.37 Å². The van der Waals surface area contributed by atoms with Gasteiger partial charge in [-0.25, -0.2) is 0 Å². The van der Waals surface area contributed by atoms with Gasteiger partial charge in [0.2, 0.25) is 7.37 Å². The second-order valence-corrected chi connectivity index (χ2v) is 5.24. The molecule has 12 heavy (non-hydrogen) atoms. The van der Waals surface area contributed by atoms with Crippen LogP contribution in [-0.4, -0.2) is 11.6 Å². The smallest absolute Gasteiger partial charge is 0.218 e. The summed E-state index contributed by atoms with van der Waals surface area (Å²) in [7, 11) is -3.20. The first-order valence-electron chi connectivity index (χ1n) is 3.62. The molecular formula is C8H12NO2P. The highest BCUT2D eigenvalue weighted by molar-refractivity contribution is 7.57. The molecule has 1 rings (SSSR count). The van der Waals surface area contributed by atoms with Crippen molar-refractivity contribution in [1.82, 2.24) is 0 Å². The number of hydrogen-bond donors (Lipinski definition) is 2. The quantitative estimate of drug-likeness (QED) is 0.687. The van der Waals surface area contributed by atoms with Gasteiger partial charge in [0, 0.05) is 6.66 Å². The van der Waals surface area contributed by atoms with Crippen molar-refractivity contribution < 1.29 is 9.46 Å². The van der Waals surface area contributed by atoms with E-state index in [1.807, 2.05) is 6.07 Å². The zero-order chi connectivity index (χ0) is 9.19. The van der Waals surface area contributed by atoms with Gasteiger partial charge in [0.25, 0.3) is 0 Å². The van der Waals surface area contributed by atoms with Crippen LogP contribution in [0.25, 0.3) is 0 Å². The van der Waals surface area contributed by atoms with E-state index in [0.29, 0.717) is 5.56 Å². The van der Waals surface area contributed by atoms with Gasteiger partial charge in [0.1, 0.15) is 5.78 Å². The van der Waals surface area contributed by atoms with Gasteiger partial charge in [0.15, 0.2) is 0 Å². The van der Waals surface area contributed by atoms with Crippen molar-refractivity contribution in [3.05, 3.63) is 35.9 Å². The molecule has 0 saturated heterocycles. The van der Waals surface area contributed by atoms with E-state index in [1.54, 1.807) is 24.3 Å². The Morgan fingerprint density at radius 1 is 1.42 bits per heavy atom. The molecule has 0 amide bonds. The van der Waals surface area contributed by atoms with Crippen LogP contribution in [0.1, 0.15) is 11.3 Å². The van der Waals surface area contributed by atoms with Crippen molar-refractivity contribution in [2.24, 2.45) is 5.73 Å². The lowest BCUT2D eigenvalue weighted by Gasteiger charge is -2.14. The fourth-order valence-corrected chi connectivity index (χ4v) is 1.65. The Morgan fingerprint density at radius 3 is 2.33 bits per heavy atom. The van der Waals surface area contributed by atoms with Crippen LogP contribution in [0, 0.1) is 0 Å². The molecule has 66 valence electrons. The summed E-state index contributed by atoms with van der Waals surface area (Å²) in [6.07, 6.45) is 0. The van der Waals surface area contributed by atoms with Crippen molar-refractivity contribution in [2.45, 2.75) is 5.78 Å². The van der Waals surface area contributed by atoms with Gasteiger partial charge in [-0.3, -0.25) is 4.57 Å². The molecule has 3 nitrogen and oxygen atoms in total. The summed E-state index contributed by atoms with van der Waals surface area (Å²) in [5, 5.41) is 0. The molecule has 3 N–H and O–H groups in total. The second-order valence-electron chi connectivity index (χ2n) is 2.80. The normalized spacial score (nSPS) is 18.2. The van der Waals surface area contributed by atoms with Gasteiger partial charge in [-0.2, -0.15) is 0 Å². The Kier molecular flexibility index (Phi) is 2.68. The molecule has 0 bridgehead atoms. The van der Waals surface area contributed by atoms with Gasteiger partial charge in [-0.05, 0) is 5.56 Å². The Bertz CT molecular complexity index is 293. The number of rotatable bonds is 2. The van der Waals surface area contributed by atoms with E-state index in [-0.39, 0.29) is 0 Å². The Morgan fingerprint density at radius 2 is 1.92 bits per heavy atom. The van der Waals surface area contributed by atoms with E-state index in [0.717, 1.165) is 0 Å². The van der Waals surface area contributed by atoms with E-state index in [1.165, 1.54) is 6.66 Å². The molecule has 0 aliphatic carbocycles. The third kappa shape index (κ3) is 2.18. The van der Waals surface area contributed by atoms with Gasteiger partial charge < -0.3 is 10.6 Å². The molecule has 0 aliphatic heterocycles. The third-order valence-electron chi connectivity index (χ3n) is 1.66. The van der Waals surface area contributed by atoms with Gasteiger partial charge in [-0.1, -0.05) is 30.3 Å². The summed E-state index contributed by atoms with van der Waals surface area (Å²) in [6, 6.07) is 8.93. The summed E-state index contributed by atoms with van der Waals surface area (Å²) < 4.78 is 11.1. The van der Waals surface area contributed by atoms with Crippen LogP contribution >= 0.6 is 7.37 Å². The van der Waals surface area contributed by atoms with Gasteiger partial charge in [0.05, 0.1) is 0 Å². The van der Waals surface area contributed by atoms with Crippen molar-refractivity contribution in [3.63, 3.8) is 0 Å². The van der Waals surface area contributed by atoms with E-state index < -0.39 is 13.2 Å². The third-order valence-corrected chi connectivity index (χ3v) is 2.99. The summed E-state index contributed by atoms with van der Waals surface area (Å²) in [6.45, 7) is 1.27. The molecule has 1 aromatic carbocycles. The fraction of sp³-hybridized carbons (Fsp3) is 0.250. The largest absolute Gasteiger partial charge is 0.343 e. The number of benzene rings is 1. The summed E-state index contributed by atoms with van der Waals surface area (Å²) in [4.78, 5) is 9.17. The second kappa shape index (κ2) is 3.40. The lowest BCUT2D eigenvalue weighted by Crippen LogP contribution is -2.09. The molecule has 0 saturated carbocycles. The minimum atomic E-state index is -3.20. The van der Waals surface area contributed by atoms with E-state index in [2.05, 4.69) is 0 Å². The zero-order valence-electron chi connectivity index (χ0n) is 6.84. The number of hydrogen-bond acceptors (Lipinski definition) is 2. The molecule has 0 aromatic heterocycles. The minimum Gasteiger partial charge on any atom is -0.343 e. The van der Waals surface area contributed by atoms with Crippen molar-refractivity contribution in [2.75, 3.05) is 6.66 Å². The summed E-state index contributed by atoms with van der Waals surface area (Å²) in [5.74, 6) is -0.765. The molecule has 0 radical (unpaired) electrons. The lowest BCUT2D eigenvalue weighted by molar-refractivity contribution is 0.472. The maximum absolute atomic E-state index is 11.1. The molecule has 0 spiro atoms. The SMILES string of the molecule is CP(=O)(O)[C@@H](N)c1ccccc1. The van der Waals surface area contributed by atoms with Gasteiger partial charge >= 0.3 is 0 Å². The van der Waals surface area contributed by atoms with Crippen LogP contribution in [-0.2, 0) is 4.57 Å². The van der Waals surface area contributed by atoms with Gasteiger partial charge in [-0.15, -0.1) is 0 Å². The molecular weight excluding hydrogens is 173 g/mol. The predicted molar refractivity (Wildman–Crippen MR) is 49.1 cm³/mol. The predicted octanol–water partition coefficient (Wildman–Crippen LogP) is 1.54. The van der Waals surface area contributed by atoms with E-state index in [9.17, 15) is 9.46 Å². The Balaban J connectivity index is 2.94. The molecule has 4 heteroatoms. The average Bonchev–Trinajstić information content (AvgIpc) is 2.03. The first-order valence-corrected chi connectivity index (χ1v) is 5.80. The highest BCUT2D eigenvalue weighted by Crippen LogP contribution is 2.48. The molecule has 0 heterocycles. The Hall–Kier alpha value is -0.630. The topological polar surface area (TPSA) is 63.3 Å². The highest BCUT2D eigenvalue weighted by Gasteiger charge is 2.22. The van der Waals surface area contributed by atoms with Crippen LogP contribution in [0.4, 0.5) is 0 Å². The Labute approximate surface area is 71.7 Å². The maximum atomic E-state index is 11.1. The van der Waals surface area contributed by atoms with E-state index >= 15 is 0 Å². The highest BCUT2D eigenvalue weighted by atomic mass is 31.2. The molecule has 0 fully saturated rings. The standard InChI is InChI=1S/C8H12NO2P/c1-12(10,11)8(9)7-5-3-2-4-6-7/h2-6,8H,9H2,1H3,(H,10,11)/t8-/m1/s1. The average molecular weight is 185 g/mol. The number of nitrogens with two attached hydrogens (primary N) is 1. The van der Waals surface area contributed by atoms with Crippen LogP contribution in [0.3, 0.4) is 0 Å². The summed E-state index contributed by atoms with van der Waals surface area (Å²) >= 11 is 0. The van der Waals surface area contributed by atoms with Crippen LogP contribution in [0.15, 0.2) is 30.3 Å². The maximum Gasteiger partial charge on any atom is 0.218 e. The summed E-state index contributed by atoms with van der Waals surface area (Å²) in [5.41, 5.74) is 6.26. The van der Waals surface area contributed by atoms with Crippen LogP contribution < -0.4 is 5.73 Å². The monoisotopic (exact) mass is 185 g/mol. The first-order chi connectivity index (χ1) is 5.52. The molecule has 2 atom stereocenters. The van der Waals surface area contributed by atoms with Crippen LogP contribution in [0.5, 0.6) is 0 Å². The lowest BCUT2D eigenvalue weighted by atomic mass is 10.2. The molecule has 1 aromatic rings. The van der Waals surface area contributed by atoms with Crippen LogP contribution in [0.2, 0.25) is 0 Å². The molecule has 0 aliphatic rings. The minimum absolute atomic E-state index is 0.700. The molecule has 1 unspecified atom stereocenters. The van der Waals surface area contributed by atoms with E-state index in [4.69, 9.17) is 5.73 Å². The van der Waals surface area contributed by atoms with Crippen molar-refractivity contribution in [1.29, 1.82) is 0 Å². The first kappa shape index (κ1) is 9.46.